The lowest BCUT2D eigenvalue weighted by molar-refractivity contribution is -0.0147. The molecule has 3 aliphatic rings. The Hall–Kier alpha value is -1.13. The van der Waals surface area contributed by atoms with Gasteiger partial charge in [0.15, 0.2) is 14.1 Å². The third-order valence-electron chi connectivity index (χ3n) is 8.97. The van der Waals surface area contributed by atoms with Gasteiger partial charge in [-0.1, -0.05) is 33.8 Å². The molecule has 0 bridgehead atoms. The number of benzene rings is 1. The summed E-state index contributed by atoms with van der Waals surface area (Å²) in [5.74, 6) is 2.67. The van der Waals surface area contributed by atoms with Crippen molar-refractivity contribution < 1.29 is 14.0 Å². The van der Waals surface area contributed by atoms with Crippen LogP contribution < -0.4 is 4.74 Å². The molecule has 0 aromatic heterocycles. The van der Waals surface area contributed by atoms with Crippen LogP contribution in [0.15, 0.2) is 18.2 Å². The van der Waals surface area contributed by atoms with E-state index in [0.717, 1.165) is 17.7 Å². The maximum Gasteiger partial charge on any atom is 0.192 e. The normalized spacial score (nSPS) is 34.4. The Morgan fingerprint density at radius 2 is 1.86 bits per heavy atom. The highest BCUT2D eigenvalue weighted by Crippen LogP contribution is 2.62. The van der Waals surface area contributed by atoms with E-state index in [1.165, 1.54) is 24.8 Å². The molecular weight excluding hydrogens is 376 g/mol. The first-order valence-corrected chi connectivity index (χ1v) is 14.3. The average Bonchev–Trinajstić information content (AvgIpc) is 2.97. The van der Waals surface area contributed by atoms with Gasteiger partial charge in [0.25, 0.3) is 0 Å². The summed E-state index contributed by atoms with van der Waals surface area (Å²) in [6.07, 6.45) is 5.77. The van der Waals surface area contributed by atoms with Gasteiger partial charge in [-0.15, -0.1) is 0 Å². The Balaban J connectivity index is 1.61. The van der Waals surface area contributed by atoms with Crippen LogP contribution in [0.5, 0.6) is 5.75 Å². The molecule has 0 aliphatic heterocycles. The molecule has 1 aromatic carbocycles. The van der Waals surface area contributed by atoms with Gasteiger partial charge in [0.2, 0.25) is 0 Å². The number of carbonyl (C=O) groups excluding carboxylic acids is 1. The molecule has 4 heteroatoms. The number of hydrogen-bond donors (Lipinski definition) is 0. The van der Waals surface area contributed by atoms with E-state index in [9.17, 15) is 4.79 Å². The van der Waals surface area contributed by atoms with Crippen LogP contribution >= 0.6 is 0 Å². The number of hydrogen-bond acceptors (Lipinski definition) is 3. The lowest BCUT2D eigenvalue weighted by Crippen LogP contribution is -2.50. The van der Waals surface area contributed by atoms with Crippen LogP contribution in [0.25, 0.3) is 0 Å². The van der Waals surface area contributed by atoms with Crippen LogP contribution in [0, 0.1) is 17.3 Å². The van der Waals surface area contributed by atoms with E-state index in [0.29, 0.717) is 36.1 Å². The van der Waals surface area contributed by atoms with Gasteiger partial charge >= 0.3 is 0 Å². The topological polar surface area (TPSA) is 35.5 Å². The summed E-state index contributed by atoms with van der Waals surface area (Å²) in [5, 5.41) is 0.234. The van der Waals surface area contributed by atoms with Crippen molar-refractivity contribution in [1.29, 1.82) is 0 Å². The molecule has 3 aliphatic carbocycles. The van der Waals surface area contributed by atoms with Gasteiger partial charge in [0.05, 0.1) is 13.2 Å². The van der Waals surface area contributed by atoms with Crippen molar-refractivity contribution in [3.8, 4) is 5.75 Å². The maximum absolute atomic E-state index is 13.1. The summed E-state index contributed by atoms with van der Waals surface area (Å²) in [6.45, 7) is 14.2. The number of rotatable bonds is 3. The molecule has 0 spiro atoms. The minimum absolute atomic E-state index is 0.209. The van der Waals surface area contributed by atoms with E-state index in [1.807, 2.05) is 12.1 Å². The molecule has 3 nitrogen and oxygen atoms in total. The second-order valence-corrected chi connectivity index (χ2v) is 16.2. The fraction of sp³-hybridized carbons (Fsp3) is 0.720. The zero-order valence-electron chi connectivity index (χ0n) is 19.3. The Labute approximate surface area is 177 Å². The molecule has 2 fully saturated rings. The lowest BCUT2D eigenvalue weighted by Gasteiger charge is -2.52. The van der Waals surface area contributed by atoms with Crippen LogP contribution in [0.4, 0.5) is 0 Å². The predicted molar refractivity (Wildman–Crippen MR) is 120 cm³/mol. The Morgan fingerprint density at radius 1 is 1.14 bits per heavy atom. The first-order valence-electron chi connectivity index (χ1n) is 11.4. The zero-order valence-corrected chi connectivity index (χ0v) is 20.3. The quantitative estimate of drug-likeness (QED) is 0.524. The highest BCUT2D eigenvalue weighted by molar-refractivity contribution is 6.74. The van der Waals surface area contributed by atoms with Crippen molar-refractivity contribution in [1.82, 2.24) is 0 Å². The van der Waals surface area contributed by atoms with Gasteiger partial charge in [-0.25, -0.2) is 0 Å². The summed E-state index contributed by atoms with van der Waals surface area (Å²) in [6, 6.07) is 6.14. The van der Waals surface area contributed by atoms with Crippen molar-refractivity contribution in [3.63, 3.8) is 0 Å². The number of ether oxygens (including phenoxy) is 1. The zero-order chi connectivity index (χ0) is 21.2. The van der Waals surface area contributed by atoms with Crippen LogP contribution in [0.3, 0.4) is 0 Å². The van der Waals surface area contributed by atoms with Gasteiger partial charge in [-0.2, -0.15) is 0 Å². The average molecular weight is 415 g/mol. The van der Waals surface area contributed by atoms with E-state index < -0.39 is 8.32 Å². The summed E-state index contributed by atoms with van der Waals surface area (Å²) < 4.78 is 12.4. The minimum atomic E-state index is -1.80. The molecule has 2 saturated carbocycles. The molecular formula is C25H38O3Si. The number of Topliss-reactive ketones (excluding diaryl/α,β-unsaturated/α-hetero) is 1. The number of carbonyl (C=O) groups is 1. The fourth-order valence-corrected chi connectivity index (χ4v) is 7.64. The van der Waals surface area contributed by atoms with Gasteiger partial charge in [0.1, 0.15) is 5.75 Å². The van der Waals surface area contributed by atoms with Gasteiger partial charge in [-0.3, -0.25) is 4.79 Å². The van der Waals surface area contributed by atoms with Crippen molar-refractivity contribution in [2.45, 2.75) is 90.0 Å². The van der Waals surface area contributed by atoms with Gasteiger partial charge in [0, 0.05) is 12.0 Å². The molecule has 1 aromatic rings. The molecule has 5 atom stereocenters. The van der Waals surface area contributed by atoms with Crippen LogP contribution in [-0.2, 0) is 4.43 Å². The van der Waals surface area contributed by atoms with Crippen LogP contribution in [0.1, 0.15) is 81.6 Å². The third kappa shape index (κ3) is 3.31. The molecule has 0 radical (unpaired) electrons. The number of fused-ring (bicyclic) bond motifs is 5. The predicted octanol–water partition coefficient (Wildman–Crippen LogP) is 6.58. The summed E-state index contributed by atoms with van der Waals surface area (Å²) in [4.78, 5) is 13.1. The second kappa shape index (κ2) is 6.95. The van der Waals surface area contributed by atoms with Crippen molar-refractivity contribution in [2.75, 3.05) is 7.11 Å². The van der Waals surface area contributed by atoms with E-state index >= 15 is 0 Å². The third-order valence-corrected chi connectivity index (χ3v) is 13.5. The van der Waals surface area contributed by atoms with Crippen molar-refractivity contribution in [3.05, 3.63) is 29.3 Å². The van der Waals surface area contributed by atoms with Gasteiger partial charge in [-0.05, 0) is 84.7 Å². The Morgan fingerprint density at radius 3 is 2.52 bits per heavy atom. The van der Waals surface area contributed by atoms with E-state index in [-0.39, 0.29) is 10.5 Å². The molecule has 160 valence electrons. The first-order chi connectivity index (χ1) is 13.5. The largest absolute Gasteiger partial charge is 0.497 e. The fourth-order valence-electron chi connectivity index (χ4n) is 6.19. The maximum atomic E-state index is 13.1. The Bertz CT molecular complexity index is 809. The smallest absolute Gasteiger partial charge is 0.192 e. The standard InChI is InChI=1S/C25H38O3Si/c1-24(2,3)29(6,7)28-23-11-10-21-19-15-22(26)20-14-16(27-5)8-9-17(20)18(19)12-13-25(21,23)4/h8-9,14,18-19,21,23H,10-13,15H2,1-7H3/t18?,19?,21?,23-,25-/m0/s1. The van der Waals surface area contributed by atoms with E-state index in [1.54, 1.807) is 7.11 Å². The van der Waals surface area contributed by atoms with Gasteiger partial charge < -0.3 is 9.16 Å². The van der Waals surface area contributed by atoms with Crippen LogP contribution in [-0.4, -0.2) is 27.3 Å². The minimum Gasteiger partial charge on any atom is -0.497 e. The molecule has 4 rings (SSSR count). The summed E-state index contributed by atoms with van der Waals surface area (Å²) >= 11 is 0. The second-order valence-electron chi connectivity index (χ2n) is 11.4. The number of methoxy groups -OCH3 is 1. The molecule has 3 unspecified atom stereocenters. The molecule has 29 heavy (non-hydrogen) atoms. The van der Waals surface area contributed by atoms with Crippen molar-refractivity contribution in [2.24, 2.45) is 17.3 Å². The summed E-state index contributed by atoms with van der Waals surface area (Å²) in [7, 11) is -0.128. The SMILES string of the molecule is COc1ccc2c(c1)C(=O)CC1C2CC[C@@]2(C)C1CC[C@@H]2O[Si](C)(C)C(C)(C)C. The number of ketones is 1. The Kier molecular flexibility index (Phi) is 5.06. The molecule has 0 N–H and O–H groups in total. The highest BCUT2D eigenvalue weighted by Gasteiger charge is 2.57. The van der Waals surface area contributed by atoms with E-state index in [2.05, 4.69) is 46.9 Å². The molecule has 0 amide bonds. The molecule has 0 saturated heterocycles. The molecule has 0 heterocycles. The monoisotopic (exact) mass is 414 g/mol. The first kappa shape index (κ1) is 21.1. The lowest BCUT2D eigenvalue weighted by atomic mass is 9.55. The highest BCUT2D eigenvalue weighted by atomic mass is 28.4. The van der Waals surface area contributed by atoms with Crippen molar-refractivity contribution >= 4 is 14.1 Å². The van der Waals surface area contributed by atoms with Crippen LogP contribution in [0.2, 0.25) is 18.1 Å². The summed E-state index contributed by atoms with van der Waals surface area (Å²) in [5.41, 5.74) is 2.38. The van der Waals surface area contributed by atoms with E-state index in [4.69, 9.17) is 9.16 Å².